The maximum Gasteiger partial charge on any atom is 0.253 e. The molecule has 1 amide bonds. The lowest BCUT2D eigenvalue weighted by atomic mass is 10.2. The molecule has 3 aliphatic heterocycles. The van der Waals surface area contributed by atoms with Crippen molar-refractivity contribution in [3.8, 4) is 0 Å². The van der Waals surface area contributed by atoms with Crippen molar-refractivity contribution in [1.82, 2.24) is 25.1 Å². The average Bonchev–Trinajstić information content (AvgIpc) is 3.18. The Morgan fingerprint density at radius 1 is 1.36 bits per heavy atom. The van der Waals surface area contributed by atoms with Gasteiger partial charge in [-0.1, -0.05) is 6.07 Å². The summed E-state index contributed by atoms with van der Waals surface area (Å²) >= 11 is 0. The molecule has 1 aromatic heterocycles. The van der Waals surface area contributed by atoms with Crippen LogP contribution in [0.15, 0.2) is 18.2 Å². The number of aromatic nitrogens is 2. The van der Waals surface area contributed by atoms with Crippen molar-refractivity contribution >= 4 is 16.9 Å². The third kappa shape index (κ3) is 1.74. The van der Waals surface area contributed by atoms with E-state index in [1.165, 1.54) is 6.42 Å². The van der Waals surface area contributed by atoms with E-state index in [2.05, 4.69) is 20.1 Å². The van der Waals surface area contributed by atoms with E-state index < -0.39 is 0 Å². The Balaban J connectivity index is 1.58. The van der Waals surface area contributed by atoms with Crippen LogP contribution in [0, 0.1) is 0 Å². The smallest absolute Gasteiger partial charge is 0.253 e. The van der Waals surface area contributed by atoms with Crippen LogP contribution in [0.2, 0.25) is 0 Å². The predicted octanol–water partition coefficient (Wildman–Crippen LogP) is 0.326. The van der Waals surface area contributed by atoms with Gasteiger partial charge >= 0.3 is 0 Å². The number of benzene rings is 1. The highest BCUT2D eigenvalue weighted by atomic mass is 16.1. The zero-order chi connectivity index (χ0) is 14.7. The van der Waals surface area contributed by atoms with Crippen LogP contribution in [0.4, 0.5) is 0 Å². The highest BCUT2D eigenvalue weighted by Gasteiger charge is 2.38. The molecule has 114 valence electrons. The quantitative estimate of drug-likeness (QED) is 0.838. The van der Waals surface area contributed by atoms with Gasteiger partial charge < -0.3 is 15.2 Å². The highest BCUT2D eigenvalue weighted by molar-refractivity contribution is 6.05. The second-order valence-electron chi connectivity index (χ2n) is 6.53. The van der Waals surface area contributed by atoms with Crippen LogP contribution < -0.4 is 10.6 Å². The first-order valence-corrected chi connectivity index (χ1v) is 8.03. The third-order valence-electron chi connectivity index (χ3n) is 5.23. The standard InChI is InChI=1S/C16H19N5O/c22-16-12-2-1-3-13-15(12)21(5-4-17-16)14(19-13)9-20-8-10-6-11(20)7-18-10/h1-3,10-11,18H,4-9H2,(H,17,22). The van der Waals surface area contributed by atoms with E-state index in [1.807, 2.05) is 18.2 Å². The molecule has 4 heterocycles. The third-order valence-corrected chi connectivity index (χ3v) is 5.23. The number of carbonyl (C=O) groups excluding carboxylic acids is 1. The molecule has 0 spiro atoms. The van der Waals surface area contributed by atoms with Gasteiger partial charge in [-0.15, -0.1) is 0 Å². The molecular weight excluding hydrogens is 278 g/mol. The molecule has 22 heavy (non-hydrogen) atoms. The summed E-state index contributed by atoms with van der Waals surface area (Å²) in [5.74, 6) is 1.10. The molecule has 3 aliphatic rings. The van der Waals surface area contributed by atoms with Crippen LogP contribution in [0.3, 0.4) is 0 Å². The molecule has 2 atom stereocenters. The number of piperazine rings is 1. The number of likely N-dealkylation sites (tertiary alicyclic amines) is 1. The molecule has 0 radical (unpaired) electrons. The molecule has 2 unspecified atom stereocenters. The molecule has 2 aromatic rings. The first kappa shape index (κ1) is 12.6. The lowest BCUT2D eigenvalue weighted by molar-refractivity contribution is 0.0956. The van der Waals surface area contributed by atoms with Gasteiger partial charge in [0.1, 0.15) is 5.82 Å². The number of rotatable bonds is 2. The second-order valence-corrected chi connectivity index (χ2v) is 6.53. The first-order chi connectivity index (χ1) is 10.8. The van der Waals surface area contributed by atoms with E-state index in [0.717, 1.165) is 48.6 Å². The molecule has 2 saturated heterocycles. The lowest BCUT2D eigenvalue weighted by Gasteiger charge is -2.27. The average molecular weight is 297 g/mol. The molecule has 2 fully saturated rings. The van der Waals surface area contributed by atoms with Crippen molar-refractivity contribution in [1.29, 1.82) is 0 Å². The Hall–Kier alpha value is -1.92. The zero-order valence-corrected chi connectivity index (χ0v) is 12.4. The Kier molecular flexibility index (Phi) is 2.60. The van der Waals surface area contributed by atoms with Crippen LogP contribution in [0.5, 0.6) is 0 Å². The van der Waals surface area contributed by atoms with Crippen LogP contribution >= 0.6 is 0 Å². The summed E-state index contributed by atoms with van der Waals surface area (Å²) in [6.07, 6.45) is 1.26. The SMILES string of the molecule is O=C1NCCn2c(CN3CC4CC3CN4)nc3cccc1c32. The monoisotopic (exact) mass is 297 g/mol. The minimum absolute atomic E-state index is 0.0141. The fourth-order valence-corrected chi connectivity index (χ4v) is 4.18. The van der Waals surface area contributed by atoms with Gasteiger partial charge in [0.15, 0.2) is 0 Å². The van der Waals surface area contributed by atoms with Crippen LogP contribution in [-0.2, 0) is 13.1 Å². The van der Waals surface area contributed by atoms with E-state index in [-0.39, 0.29) is 5.91 Å². The van der Waals surface area contributed by atoms with Crippen LogP contribution in [0.25, 0.3) is 11.0 Å². The topological polar surface area (TPSA) is 62.2 Å². The van der Waals surface area contributed by atoms with Gasteiger partial charge in [-0.2, -0.15) is 0 Å². The van der Waals surface area contributed by atoms with Gasteiger partial charge in [-0.3, -0.25) is 9.69 Å². The minimum Gasteiger partial charge on any atom is -0.350 e. The van der Waals surface area contributed by atoms with Crippen molar-refractivity contribution in [2.75, 3.05) is 19.6 Å². The number of amides is 1. The summed E-state index contributed by atoms with van der Waals surface area (Å²) in [5.41, 5.74) is 2.68. The number of nitrogens with zero attached hydrogens (tertiary/aromatic N) is 3. The van der Waals surface area contributed by atoms with Crippen molar-refractivity contribution < 1.29 is 4.79 Å². The summed E-state index contributed by atoms with van der Waals surface area (Å²) < 4.78 is 2.24. The number of hydrogen-bond acceptors (Lipinski definition) is 4. The number of fused-ring (bicyclic) bond motifs is 2. The summed E-state index contributed by atoms with van der Waals surface area (Å²) in [7, 11) is 0. The molecule has 1 aromatic carbocycles. The van der Waals surface area contributed by atoms with E-state index in [0.29, 0.717) is 18.6 Å². The molecule has 2 N–H and O–H groups in total. The molecule has 6 nitrogen and oxygen atoms in total. The Morgan fingerprint density at radius 3 is 3.14 bits per heavy atom. The lowest BCUT2D eigenvalue weighted by Crippen LogP contribution is -2.43. The molecule has 5 rings (SSSR count). The summed E-state index contributed by atoms with van der Waals surface area (Å²) in [5, 5.41) is 6.51. The number of para-hydroxylation sites is 1. The number of carbonyl (C=O) groups is 1. The fourth-order valence-electron chi connectivity index (χ4n) is 4.18. The number of hydrogen-bond donors (Lipinski definition) is 2. The van der Waals surface area contributed by atoms with Crippen molar-refractivity contribution in [3.63, 3.8) is 0 Å². The van der Waals surface area contributed by atoms with Gasteiger partial charge in [0.25, 0.3) is 5.91 Å². The summed E-state index contributed by atoms with van der Waals surface area (Å²) in [6.45, 7) is 4.55. The van der Waals surface area contributed by atoms with Gasteiger partial charge in [0, 0.05) is 38.3 Å². The first-order valence-electron chi connectivity index (χ1n) is 8.03. The second kappa shape index (κ2) is 4.54. The highest BCUT2D eigenvalue weighted by Crippen LogP contribution is 2.27. The number of imidazole rings is 1. The van der Waals surface area contributed by atoms with Gasteiger partial charge in [0.2, 0.25) is 0 Å². The largest absolute Gasteiger partial charge is 0.350 e. The zero-order valence-electron chi connectivity index (χ0n) is 12.4. The maximum absolute atomic E-state index is 12.2. The van der Waals surface area contributed by atoms with Crippen molar-refractivity contribution in [2.45, 2.75) is 31.6 Å². The summed E-state index contributed by atoms with van der Waals surface area (Å²) in [6, 6.07) is 7.12. The van der Waals surface area contributed by atoms with E-state index >= 15 is 0 Å². The predicted molar refractivity (Wildman–Crippen MR) is 82.7 cm³/mol. The van der Waals surface area contributed by atoms with E-state index in [4.69, 9.17) is 4.98 Å². The van der Waals surface area contributed by atoms with E-state index in [1.54, 1.807) is 0 Å². The normalized spacial score (nSPS) is 27.4. The number of nitrogens with one attached hydrogen (secondary N) is 2. The summed E-state index contributed by atoms with van der Waals surface area (Å²) in [4.78, 5) is 19.5. The van der Waals surface area contributed by atoms with Gasteiger partial charge in [-0.25, -0.2) is 4.98 Å². The fraction of sp³-hybridized carbons (Fsp3) is 0.500. The minimum atomic E-state index is 0.0141. The van der Waals surface area contributed by atoms with Crippen LogP contribution in [-0.4, -0.2) is 52.1 Å². The van der Waals surface area contributed by atoms with E-state index in [9.17, 15) is 4.79 Å². The molecule has 6 heteroatoms. The molecule has 2 bridgehead atoms. The molecular formula is C16H19N5O. The van der Waals surface area contributed by atoms with Gasteiger partial charge in [-0.05, 0) is 18.6 Å². The van der Waals surface area contributed by atoms with Gasteiger partial charge in [0.05, 0.1) is 23.1 Å². The van der Waals surface area contributed by atoms with Crippen molar-refractivity contribution in [3.05, 3.63) is 29.6 Å². The Bertz CT molecular complexity index is 767. The molecule has 0 saturated carbocycles. The molecule has 0 aliphatic carbocycles. The van der Waals surface area contributed by atoms with Crippen molar-refractivity contribution in [2.24, 2.45) is 0 Å². The van der Waals surface area contributed by atoms with Crippen LogP contribution in [0.1, 0.15) is 22.6 Å². The maximum atomic E-state index is 12.2. The Morgan fingerprint density at radius 2 is 2.32 bits per heavy atom. The Labute approximate surface area is 128 Å².